The summed E-state index contributed by atoms with van der Waals surface area (Å²) < 4.78 is 12.1. The molecule has 84 valence electrons. The molecule has 3 nitrogen and oxygen atoms in total. The molecule has 0 spiro atoms. The first-order valence-corrected chi connectivity index (χ1v) is 7.10. The summed E-state index contributed by atoms with van der Waals surface area (Å²) in [4.78, 5) is 4.21. The zero-order valence-corrected chi connectivity index (χ0v) is 11.5. The van der Waals surface area contributed by atoms with Crippen molar-refractivity contribution in [3.63, 3.8) is 0 Å². The van der Waals surface area contributed by atoms with E-state index in [0.717, 1.165) is 15.9 Å². The fraction of sp³-hybridized carbons (Fsp3) is 0.500. The van der Waals surface area contributed by atoms with Gasteiger partial charge in [0.05, 0.1) is 0 Å². The third-order valence-electron chi connectivity index (χ3n) is 2.18. The highest BCUT2D eigenvalue weighted by molar-refractivity contribution is 9.10. The van der Waals surface area contributed by atoms with Crippen molar-refractivity contribution in [1.82, 2.24) is 4.98 Å². The van der Waals surface area contributed by atoms with Crippen LogP contribution in [0.25, 0.3) is 0 Å². The first-order valence-electron chi connectivity index (χ1n) is 4.69. The molecule has 2 atom stereocenters. The molecule has 0 saturated heterocycles. The van der Waals surface area contributed by atoms with E-state index >= 15 is 0 Å². The maximum atomic E-state index is 11.1. The predicted octanol–water partition coefficient (Wildman–Crippen LogP) is 2.33. The van der Waals surface area contributed by atoms with Gasteiger partial charge in [-0.05, 0) is 41.4 Å². The Kier molecular flexibility index (Phi) is 4.73. The van der Waals surface area contributed by atoms with Crippen molar-refractivity contribution >= 4 is 32.5 Å². The molecule has 0 saturated carbocycles. The van der Waals surface area contributed by atoms with E-state index in [1.54, 1.807) is 12.5 Å². The van der Waals surface area contributed by atoms with Gasteiger partial charge >= 0.3 is 0 Å². The molecular formula is C10H15BrN2OS. The lowest BCUT2D eigenvalue weighted by molar-refractivity contribution is 0.679. The Bertz CT molecular complexity index is 370. The van der Waals surface area contributed by atoms with E-state index in [4.69, 9.17) is 0 Å². The monoisotopic (exact) mass is 290 g/mol. The molecule has 1 N–H and O–H groups in total. The van der Waals surface area contributed by atoms with Gasteiger partial charge in [-0.3, -0.25) is 4.21 Å². The average molecular weight is 291 g/mol. The summed E-state index contributed by atoms with van der Waals surface area (Å²) in [5.41, 5.74) is 1.14. The summed E-state index contributed by atoms with van der Waals surface area (Å²) in [6.45, 7) is 4.64. The highest BCUT2D eigenvalue weighted by Crippen LogP contribution is 2.17. The third-order valence-corrected chi connectivity index (χ3v) is 4.31. The molecule has 1 aromatic rings. The van der Waals surface area contributed by atoms with Crippen LogP contribution in [0.15, 0.2) is 16.7 Å². The number of aryl methyl sites for hydroxylation is 1. The maximum absolute atomic E-state index is 11.1. The second-order valence-electron chi connectivity index (χ2n) is 3.51. The van der Waals surface area contributed by atoms with Crippen LogP contribution in [0.2, 0.25) is 0 Å². The Morgan fingerprint density at radius 2 is 2.33 bits per heavy atom. The van der Waals surface area contributed by atoms with Gasteiger partial charge in [-0.15, -0.1) is 0 Å². The van der Waals surface area contributed by atoms with Crippen molar-refractivity contribution in [1.29, 1.82) is 0 Å². The Morgan fingerprint density at radius 1 is 1.67 bits per heavy atom. The summed E-state index contributed by atoms with van der Waals surface area (Å²) in [5, 5.41) is 3.30. The minimum absolute atomic E-state index is 0.135. The number of halogens is 1. The number of pyridine rings is 1. The number of rotatable bonds is 4. The Balaban J connectivity index is 2.58. The normalized spacial score (nSPS) is 14.7. The van der Waals surface area contributed by atoms with Crippen LogP contribution in [0.5, 0.6) is 0 Å². The van der Waals surface area contributed by atoms with E-state index in [-0.39, 0.29) is 5.25 Å². The molecule has 0 aliphatic carbocycles. The van der Waals surface area contributed by atoms with Crippen molar-refractivity contribution in [3.8, 4) is 0 Å². The van der Waals surface area contributed by atoms with Crippen LogP contribution < -0.4 is 5.32 Å². The van der Waals surface area contributed by atoms with Crippen LogP contribution in [0, 0.1) is 6.92 Å². The lowest BCUT2D eigenvalue weighted by Crippen LogP contribution is -2.21. The smallest absolute Gasteiger partial charge is 0.126 e. The number of anilines is 1. The molecule has 0 aromatic carbocycles. The molecule has 0 bridgehead atoms. The molecule has 2 unspecified atom stereocenters. The molecule has 1 aromatic heterocycles. The summed E-state index contributed by atoms with van der Waals surface area (Å²) in [5.74, 6) is 0.827. The van der Waals surface area contributed by atoms with E-state index in [1.165, 1.54) is 0 Å². The standard InChI is InChI=1S/C10H15BrN2OS/c1-7-4-10(13-6-9(7)11)12-5-8(2)15(3)14/h4,6,8H,5H2,1-3H3,(H,12,13). The highest BCUT2D eigenvalue weighted by Gasteiger charge is 2.06. The largest absolute Gasteiger partial charge is 0.369 e. The Labute approximate surface area is 101 Å². The van der Waals surface area contributed by atoms with Gasteiger partial charge in [0.1, 0.15) is 5.82 Å². The first-order chi connectivity index (χ1) is 7.00. The third kappa shape index (κ3) is 3.91. The first kappa shape index (κ1) is 12.6. The van der Waals surface area contributed by atoms with Crippen molar-refractivity contribution in [3.05, 3.63) is 22.3 Å². The zero-order chi connectivity index (χ0) is 11.4. The highest BCUT2D eigenvalue weighted by atomic mass is 79.9. The summed E-state index contributed by atoms with van der Waals surface area (Å²) >= 11 is 3.39. The van der Waals surface area contributed by atoms with Gasteiger partial charge in [0.2, 0.25) is 0 Å². The van der Waals surface area contributed by atoms with Crippen molar-refractivity contribution in [2.75, 3.05) is 18.1 Å². The number of nitrogens with zero attached hydrogens (tertiary/aromatic N) is 1. The van der Waals surface area contributed by atoms with Crippen LogP contribution in [0.1, 0.15) is 12.5 Å². The van der Waals surface area contributed by atoms with E-state index in [1.807, 2.05) is 19.9 Å². The topological polar surface area (TPSA) is 42.0 Å². The second-order valence-corrected chi connectivity index (χ2v) is 6.17. The van der Waals surface area contributed by atoms with Crippen LogP contribution in [0.3, 0.4) is 0 Å². The zero-order valence-electron chi connectivity index (χ0n) is 9.08. The minimum atomic E-state index is -0.793. The fourth-order valence-electron chi connectivity index (χ4n) is 1.00. The van der Waals surface area contributed by atoms with E-state index in [2.05, 4.69) is 26.2 Å². The van der Waals surface area contributed by atoms with Gasteiger partial charge in [0, 0.05) is 39.5 Å². The van der Waals surface area contributed by atoms with E-state index < -0.39 is 10.8 Å². The molecule has 0 radical (unpaired) electrons. The lowest BCUT2D eigenvalue weighted by Gasteiger charge is -2.11. The van der Waals surface area contributed by atoms with Gasteiger partial charge in [-0.25, -0.2) is 4.98 Å². The fourth-order valence-corrected chi connectivity index (χ4v) is 1.54. The summed E-state index contributed by atoms with van der Waals surface area (Å²) in [6, 6.07) is 1.97. The van der Waals surface area contributed by atoms with Gasteiger partial charge in [0.15, 0.2) is 0 Å². The van der Waals surface area contributed by atoms with Crippen LogP contribution in [0.4, 0.5) is 5.82 Å². The van der Waals surface area contributed by atoms with Crippen molar-refractivity contribution in [2.45, 2.75) is 19.1 Å². The Hall–Kier alpha value is -0.420. The number of nitrogens with one attached hydrogen (secondary N) is 1. The SMILES string of the molecule is Cc1cc(NCC(C)S(C)=O)ncc1Br. The molecule has 15 heavy (non-hydrogen) atoms. The van der Waals surface area contributed by atoms with Crippen LogP contribution in [-0.4, -0.2) is 27.2 Å². The maximum Gasteiger partial charge on any atom is 0.126 e. The van der Waals surface area contributed by atoms with Crippen LogP contribution >= 0.6 is 15.9 Å². The number of hydrogen-bond acceptors (Lipinski definition) is 3. The minimum Gasteiger partial charge on any atom is -0.369 e. The molecule has 0 aliphatic rings. The van der Waals surface area contributed by atoms with Crippen molar-refractivity contribution in [2.24, 2.45) is 0 Å². The predicted molar refractivity (Wildman–Crippen MR) is 68.7 cm³/mol. The van der Waals surface area contributed by atoms with Crippen molar-refractivity contribution < 1.29 is 4.21 Å². The van der Waals surface area contributed by atoms with E-state index in [9.17, 15) is 4.21 Å². The van der Waals surface area contributed by atoms with Gasteiger partial charge < -0.3 is 5.32 Å². The van der Waals surface area contributed by atoms with E-state index in [0.29, 0.717) is 6.54 Å². The molecule has 0 amide bonds. The Morgan fingerprint density at radius 3 is 2.87 bits per heavy atom. The molecule has 0 fully saturated rings. The van der Waals surface area contributed by atoms with Gasteiger partial charge in [-0.1, -0.05) is 0 Å². The summed E-state index contributed by atoms with van der Waals surface area (Å²) in [6.07, 6.45) is 3.48. The molecular weight excluding hydrogens is 276 g/mol. The number of hydrogen-bond donors (Lipinski definition) is 1. The number of aromatic nitrogens is 1. The van der Waals surface area contributed by atoms with Crippen LogP contribution in [-0.2, 0) is 10.8 Å². The molecule has 1 rings (SSSR count). The van der Waals surface area contributed by atoms with Gasteiger partial charge in [-0.2, -0.15) is 0 Å². The summed E-state index contributed by atoms with van der Waals surface area (Å²) in [7, 11) is -0.793. The molecule has 0 aliphatic heterocycles. The average Bonchev–Trinajstić information content (AvgIpc) is 2.19. The molecule has 5 heteroatoms. The lowest BCUT2D eigenvalue weighted by atomic mass is 10.3. The quantitative estimate of drug-likeness (QED) is 0.925. The molecule has 1 heterocycles. The second kappa shape index (κ2) is 5.61. The van der Waals surface area contributed by atoms with Gasteiger partial charge in [0.25, 0.3) is 0 Å².